The first-order valence-corrected chi connectivity index (χ1v) is 12.3. The van der Waals surface area contributed by atoms with Crippen LogP contribution in [0.2, 0.25) is 0 Å². The Morgan fingerprint density at radius 2 is 1.81 bits per heavy atom. The van der Waals surface area contributed by atoms with E-state index in [1.165, 1.54) is 4.31 Å². The molecule has 0 aliphatic carbocycles. The number of nitrogens with zero attached hydrogens (tertiary/aromatic N) is 1. The van der Waals surface area contributed by atoms with Crippen molar-refractivity contribution in [3.05, 3.63) is 58.7 Å². The lowest BCUT2D eigenvalue weighted by Crippen LogP contribution is -2.50. The number of sulfonamides is 1. The van der Waals surface area contributed by atoms with Gasteiger partial charge in [-0.1, -0.05) is 23.8 Å². The number of benzene rings is 2. The van der Waals surface area contributed by atoms with Gasteiger partial charge in [-0.3, -0.25) is 9.10 Å². The van der Waals surface area contributed by atoms with E-state index in [1.54, 1.807) is 19.1 Å². The molecule has 31 heavy (non-hydrogen) atoms. The van der Waals surface area contributed by atoms with Crippen LogP contribution in [0.1, 0.15) is 55.5 Å². The Balaban J connectivity index is 1.92. The standard InChI is InChI=1S/C24H32N2O4S/c1-15-8-11-22-20(12-15)21(14-24(5,6)30-22)25-23(27)18(4)26(31(7,28)29)19-10-9-16(2)17(3)13-19/h8-13,18,21H,14H2,1-7H3,(H,25,27)/t18-,21-/m0/s1. The molecular weight excluding hydrogens is 412 g/mol. The first-order chi connectivity index (χ1) is 14.3. The lowest BCUT2D eigenvalue weighted by molar-refractivity contribution is -0.123. The molecule has 0 saturated carbocycles. The van der Waals surface area contributed by atoms with Crippen molar-refractivity contribution < 1.29 is 17.9 Å². The second kappa shape index (κ2) is 8.19. The van der Waals surface area contributed by atoms with Gasteiger partial charge in [-0.25, -0.2) is 8.42 Å². The highest BCUT2D eigenvalue weighted by molar-refractivity contribution is 7.92. The zero-order valence-corrected chi connectivity index (χ0v) is 20.1. The smallest absolute Gasteiger partial charge is 0.244 e. The quantitative estimate of drug-likeness (QED) is 0.750. The Kier molecular flexibility index (Phi) is 6.11. The topological polar surface area (TPSA) is 75.7 Å². The highest BCUT2D eigenvalue weighted by Crippen LogP contribution is 2.40. The van der Waals surface area contributed by atoms with Crippen LogP contribution in [-0.2, 0) is 14.8 Å². The van der Waals surface area contributed by atoms with E-state index in [-0.39, 0.29) is 11.9 Å². The number of carbonyl (C=O) groups is 1. The van der Waals surface area contributed by atoms with Crippen molar-refractivity contribution >= 4 is 21.6 Å². The second-order valence-electron chi connectivity index (χ2n) is 9.17. The molecule has 0 fully saturated rings. The van der Waals surface area contributed by atoms with Gasteiger partial charge in [0.05, 0.1) is 18.0 Å². The molecule has 3 rings (SSSR count). The molecule has 1 aliphatic heterocycles. The number of carbonyl (C=O) groups excluding carboxylic acids is 1. The summed E-state index contributed by atoms with van der Waals surface area (Å²) in [5.41, 5.74) is 4.05. The Bertz CT molecular complexity index is 1110. The molecule has 0 spiro atoms. The SMILES string of the molecule is Cc1ccc2c(c1)[C@@H](NC(=O)[C@H](C)N(c1ccc(C)c(C)c1)S(C)(=O)=O)CC(C)(C)O2. The Morgan fingerprint density at radius 3 is 2.42 bits per heavy atom. The van der Waals surface area contributed by atoms with Crippen molar-refractivity contribution in [3.8, 4) is 5.75 Å². The third-order valence-corrected chi connectivity index (χ3v) is 7.01. The van der Waals surface area contributed by atoms with Gasteiger partial charge in [0.1, 0.15) is 17.4 Å². The van der Waals surface area contributed by atoms with E-state index in [4.69, 9.17) is 4.74 Å². The summed E-state index contributed by atoms with van der Waals surface area (Å²) in [6.45, 7) is 11.5. The van der Waals surface area contributed by atoms with Crippen LogP contribution in [0.15, 0.2) is 36.4 Å². The monoisotopic (exact) mass is 444 g/mol. The lowest BCUT2D eigenvalue weighted by atomic mass is 9.89. The lowest BCUT2D eigenvalue weighted by Gasteiger charge is -2.39. The van der Waals surface area contributed by atoms with Gasteiger partial charge in [0.15, 0.2) is 0 Å². The largest absolute Gasteiger partial charge is 0.487 e. The molecule has 1 heterocycles. The summed E-state index contributed by atoms with van der Waals surface area (Å²) in [4.78, 5) is 13.3. The summed E-state index contributed by atoms with van der Waals surface area (Å²) in [5.74, 6) is 0.396. The number of amides is 1. The van der Waals surface area contributed by atoms with Crippen molar-refractivity contribution in [1.29, 1.82) is 0 Å². The van der Waals surface area contributed by atoms with E-state index >= 15 is 0 Å². The molecule has 2 aromatic rings. The molecule has 0 radical (unpaired) electrons. The van der Waals surface area contributed by atoms with Crippen molar-refractivity contribution in [2.45, 2.75) is 65.6 Å². The summed E-state index contributed by atoms with van der Waals surface area (Å²) in [6, 6.07) is 10.1. The average molecular weight is 445 g/mol. The Labute approximate surface area is 185 Å². The van der Waals surface area contributed by atoms with E-state index < -0.39 is 21.7 Å². The number of hydrogen-bond donors (Lipinski definition) is 1. The maximum Gasteiger partial charge on any atom is 0.244 e. The molecule has 1 amide bonds. The van der Waals surface area contributed by atoms with E-state index in [0.717, 1.165) is 34.3 Å². The number of hydrogen-bond acceptors (Lipinski definition) is 4. The minimum absolute atomic E-state index is 0.269. The second-order valence-corrected chi connectivity index (χ2v) is 11.0. The maximum absolute atomic E-state index is 13.3. The van der Waals surface area contributed by atoms with Gasteiger partial charge in [-0.2, -0.15) is 0 Å². The fourth-order valence-corrected chi connectivity index (χ4v) is 5.23. The molecule has 1 N–H and O–H groups in total. The first kappa shape index (κ1) is 23.1. The van der Waals surface area contributed by atoms with Crippen LogP contribution in [0.25, 0.3) is 0 Å². The summed E-state index contributed by atoms with van der Waals surface area (Å²) in [7, 11) is -3.67. The van der Waals surface area contributed by atoms with Gasteiger partial charge >= 0.3 is 0 Å². The van der Waals surface area contributed by atoms with Gasteiger partial charge in [-0.15, -0.1) is 0 Å². The van der Waals surface area contributed by atoms with Crippen LogP contribution in [0.5, 0.6) is 5.75 Å². The summed E-state index contributed by atoms with van der Waals surface area (Å²) >= 11 is 0. The fourth-order valence-electron chi connectivity index (χ4n) is 4.07. The highest BCUT2D eigenvalue weighted by atomic mass is 32.2. The van der Waals surface area contributed by atoms with Crippen molar-refractivity contribution in [2.75, 3.05) is 10.6 Å². The molecule has 168 valence electrons. The van der Waals surface area contributed by atoms with Crippen molar-refractivity contribution in [2.24, 2.45) is 0 Å². The summed E-state index contributed by atoms with van der Waals surface area (Å²) < 4.78 is 32.6. The number of anilines is 1. The number of aryl methyl sites for hydroxylation is 3. The zero-order valence-electron chi connectivity index (χ0n) is 19.3. The predicted octanol–water partition coefficient (Wildman–Crippen LogP) is 4.18. The van der Waals surface area contributed by atoms with Crippen molar-refractivity contribution in [1.82, 2.24) is 5.32 Å². The predicted molar refractivity (Wildman–Crippen MR) is 124 cm³/mol. The van der Waals surface area contributed by atoms with Crippen LogP contribution in [0.3, 0.4) is 0 Å². The van der Waals surface area contributed by atoms with E-state index in [9.17, 15) is 13.2 Å². The molecule has 0 saturated heterocycles. The van der Waals surface area contributed by atoms with Gasteiger partial charge < -0.3 is 10.1 Å². The molecule has 2 atom stereocenters. The highest BCUT2D eigenvalue weighted by Gasteiger charge is 2.37. The molecule has 0 aromatic heterocycles. The molecule has 6 nitrogen and oxygen atoms in total. The minimum atomic E-state index is -3.67. The zero-order chi connectivity index (χ0) is 23.1. The van der Waals surface area contributed by atoms with Gasteiger partial charge in [0.2, 0.25) is 15.9 Å². The number of nitrogens with one attached hydrogen (secondary N) is 1. The molecule has 1 aliphatic rings. The van der Waals surface area contributed by atoms with Crippen LogP contribution in [0.4, 0.5) is 5.69 Å². The first-order valence-electron chi connectivity index (χ1n) is 10.4. The van der Waals surface area contributed by atoms with Crippen LogP contribution in [0, 0.1) is 20.8 Å². The van der Waals surface area contributed by atoms with Gasteiger partial charge in [-0.05, 0) is 70.9 Å². The van der Waals surface area contributed by atoms with E-state index in [2.05, 4.69) is 5.32 Å². The van der Waals surface area contributed by atoms with Crippen LogP contribution >= 0.6 is 0 Å². The molecule has 0 bridgehead atoms. The average Bonchev–Trinajstić information content (AvgIpc) is 2.63. The third-order valence-electron chi connectivity index (χ3n) is 5.77. The molecule has 2 aromatic carbocycles. The Morgan fingerprint density at radius 1 is 1.13 bits per heavy atom. The summed E-state index contributed by atoms with van der Waals surface area (Å²) in [6.07, 6.45) is 1.71. The number of rotatable bonds is 5. The third kappa shape index (κ3) is 5.03. The van der Waals surface area contributed by atoms with Crippen LogP contribution < -0.4 is 14.4 Å². The number of fused-ring (bicyclic) bond motifs is 1. The van der Waals surface area contributed by atoms with E-state index in [1.807, 2.05) is 58.9 Å². The Hall–Kier alpha value is -2.54. The number of ether oxygens (including phenoxy) is 1. The molecule has 0 unspecified atom stereocenters. The molecule has 7 heteroatoms. The van der Waals surface area contributed by atoms with E-state index in [0.29, 0.717) is 12.1 Å². The fraction of sp³-hybridized carbons (Fsp3) is 0.458. The normalized spacial score (nSPS) is 18.5. The molecular formula is C24H32N2O4S. The van der Waals surface area contributed by atoms with Crippen molar-refractivity contribution in [3.63, 3.8) is 0 Å². The minimum Gasteiger partial charge on any atom is -0.487 e. The van der Waals surface area contributed by atoms with Gasteiger partial charge in [0, 0.05) is 12.0 Å². The van der Waals surface area contributed by atoms with Gasteiger partial charge in [0.25, 0.3) is 0 Å². The maximum atomic E-state index is 13.3. The summed E-state index contributed by atoms with van der Waals surface area (Å²) in [5, 5.41) is 3.08. The van der Waals surface area contributed by atoms with Crippen LogP contribution in [-0.4, -0.2) is 32.2 Å².